The van der Waals surface area contributed by atoms with Crippen molar-refractivity contribution in [2.24, 2.45) is 0 Å². The number of amides is 1. The normalized spacial score (nSPS) is 14.5. The van der Waals surface area contributed by atoms with E-state index in [4.69, 9.17) is 34.8 Å². The molecule has 0 unspecified atom stereocenters. The van der Waals surface area contributed by atoms with Gasteiger partial charge in [0.25, 0.3) is 0 Å². The molecule has 4 rings (SSSR count). The smallest absolute Gasteiger partial charge is 0.234 e. The first-order valence-corrected chi connectivity index (χ1v) is 12.2. The predicted molar refractivity (Wildman–Crippen MR) is 128 cm³/mol. The van der Waals surface area contributed by atoms with Crippen LogP contribution in [0, 0.1) is 0 Å². The van der Waals surface area contributed by atoms with Crippen LogP contribution in [0.5, 0.6) is 0 Å². The average molecular weight is 496 g/mol. The third kappa shape index (κ3) is 5.37. The number of hydrogen-bond acceptors (Lipinski definition) is 4. The first-order valence-electron chi connectivity index (χ1n) is 10.1. The zero-order chi connectivity index (χ0) is 21.8. The number of carbonyl (C=O) groups is 1. The van der Waals surface area contributed by atoms with Crippen LogP contribution < -0.4 is 5.32 Å². The highest BCUT2D eigenvalue weighted by molar-refractivity contribution is 7.99. The van der Waals surface area contributed by atoms with Gasteiger partial charge in [-0.25, -0.2) is 0 Å². The Morgan fingerprint density at radius 1 is 1.03 bits per heavy atom. The molecule has 2 aromatic carbocycles. The zero-order valence-corrected chi connectivity index (χ0v) is 19.7. The van der Waals surface area contributed by atoms with Gasteiger partial charge in [-0.05, 0) is 43.2 Å². The van der Waals surface area contributed by atoms with E-state index in [1.807, 2.05) is 18.2 Å². The van der Waals surface area contributed by atoms with Crippen LogP contribution in [0.25, 0.3) is 11.4 Å². The standard InChI is InChI=1S/C22H21Cl3N4OS/c23-14-10-11-16(18(25)12-14)21-27-28-22(29(21)15-6-2-1-3-7-15)31-13-20(30)26-19-9-5-4-8-17(19)24/h4-5,8-12,15H,1-3,6-7,13H2,(H,26,30). The van der Waals surface area contributed by atoms with Crippen molar-refractivity contribution in [3.05, 3.63) is 57.5 Å². The van der Waals surface area contributed by atoms with Gasteiger partial charge in [0.05, 0.1) is 21.5 Å². The third-order valence-corrected chi connectivity index (χ3v) is 7.08. The Bertz CT molecular complexity index is 1080. The SMILES string of the molecule is O=C(CSc1nnc(-c2ccc(Cl)cc2Cl)n1C1CCCCC1)Nc1ccccc1Cl. The van der Waals surface area contributed by atoms with Crippen LogP contribution in [0.4, 0.5) is 5.69 Å². The maximum atomic E-state index is 12.5. The molecule has 0 radical (unpaired) electrons. The van der Waals surface area contributed by atoms with Crippen molar-refractivity contribution in [3.8, 4) is 11.4 Å². The second kappa shape index (κ2) is 10.3. The van der Waals surface area contributed by atoms with Gasteiger partial charge in [-0.2, -0.15) is 0 Å². The Labute approximate surface area is 200 Å². The highest BCUT2D eigenvalue weighted by Crippen LogP contribution is 2.38. The molecule has 31 heavy (non-hydrogen) atoms. The lowest BCUT2D eigenvalue weighted by Gasteiger charge is -2.25. The molecule has 1 saturated carbocycles. The molecule has 0 bridgehead atoms. The summed E-state index contributed by atoms with van der Waals surface area (Å²) in [5.74, 6) is 0.759. The van der Waals surface area contributed by atoms with E-state index in [0.29, 0.717) is 31.7 Å². The van der Waals surface area contributed by atoms with E-state index < -0.39 is 0 Å². The summed E-state index contributed by atoms with van der Waals surface area (Å²) in [5, 5.41) is 14.0. The number of anilines is 1. The second-order valence-electron chi connectivity index (χ2n) is 7.41. The van der Waals surface area contributed by atoms with E-state index in [1.165, 1.54) is 18.2 Å². The van der Waals surface area contributed by atoms with Gasteiger partial charge >= 0.3 is 0 Å². The fourth-order valence-corrected chi connectivity index (χ4v) is 5.26. The fraction of sp³-hybridized carbons (Fsp3) is 0.318. The first kappa shape index (κ1) is 22.5. The van der Waals surface area contributed by atoms with E-state index in [-0.39, 0.29) is 17.7 Å². The van der Waals surface area contributed by atoms with Crippen LogP contribution >= 0.6 is 46.6 Å². The summed E-state index contributed by atoms with van der Waals surface area (Å²) in [6.45, 7) is 0. The van der Waals surface area contributed by atoms with Gasteiger partial charge in [-0.3, -0.25) is 9.36 Å². The Kier molecular flexibility index (Phi) is 7.43. The molecule has 1 amide bonds. The lowest BCUT2D eigenvalue weighted by molar-refractivity contribution is -0.113. The number of rotatable bonds is 6. The molecule has 3 aromatic rings. The molecule has 0 aliphatic heterocycles. The van der Waals surface area contributed by atoms with Gasteiger partial charge in [0.2, 0.25) is 5.91 Å². The molecule has 1 N–H and O–H groups in total. The largest absolute Gasteiger partial charge is 0.324 e. The van der Waals surface area contributed by atoms with Crippen molar-refractivity contribution >= 4 is 58.2 Å². The van der Waals surface area contributed by atoms with Crippen molar-refractivity contribution in [1.82, 2.24) is 14.8 Å². The minimum Gasteiger partial charge on any atom is -0.324 e. The van der Waals surface area contributed by atoms with Crippen molar-refractivity contribution in [1.29, 1.82) is 0 Å². The summed E-state index contributed by atoms with van der Waals surface area (Å²) in [6.07, 6.45) is 5.66. The molecule has 1 fully saturated rings. The highest BCUT2D eigenvalue weighted by atomic mass is 35.5. The van der Waals surface area contributed by atoms with Crippen LogP contribution in [0.1, 0.15) is 38.1 Å². The molecular weight excluding hydrogens is 475 g/mol. The molecule has 1 aliphatic carbocycles. The zero-order valence-electron chi connectivity index (χ0n) is 16.7. The molecule has 0 spiro atoms. The number of aromatic nitrogens is 3. The van der Waals surface area contributed by atoms with Crippen molar-refractivity contribution in [3.63, 3.8) is 0 Å². The Morgan fingerprint density at radius 3 is 2.55 bits per heavy atom. The summed E-state index contributed by atoms with van der Waals surface area (Å²) in [5.41, 5.74) is 1.38. The molecule has 1 aromatic heterocycles. The van der Waals surface area contributed by atoms with E-state index in [0.717, 1.165) is 31.2 Å². The van der Waals surface area contributed by atoms with Crippen LogP contribution in [0.3, 0.4) is 0 Å². The number of halogens is 3. The number of hydrogen-bond donors (Lipinski definition) is 1. The first-order chi connectivity index (χ1) is 15.0. The number of thioether (sulfide) groups is 1. The molecule has 0 atom stereocenters. The van der Waals surface area contributed by atoms with Crippen molar-refractivity contribution in [2.75, 3.05) is 11.1 Å². The van der Waals surface area contributed by atoms with Gasteiger partial charge in [-0.15, -0.1) is 10.2 Å². The number of para-hydroxylation sites is 1. The summed E-state index contributed by atoms with van der Waals surface area (Å²) in [4.78, 5) is 12.5. The quantitative estimate of drug-likeness (QED) is 0.369. The van der Waals surface area contributed by atoms with Gasteiger partial charge in [-0.1, -0.05) is 78.0 Å². The summed E-state index contributed by atoms with van der Waals surface area (Å²) in [6, 6.07) is 12.8. The third-order valence-electron chi connectivity index (χ3n) is 5.26. The monoisotopic (exact) mass is 494 g/mol. The van der Waals surface area contributed by atoms with E-state index in [9.17, 15) is 4.79 Å². The van der Waals surface area contributed by atoms with Crippen molar-refractivity contribution < 1.29 is 4.79 Å². The van der Waals surface area contributed by atoms with Crippen LogP contribution in [0.2, 0.25) is 15.1 Å². The number of benzene rings is 2. The molecule has 9 heteroatoms. The molecule has 1 heterocycles. The maximum absolute atomic E-state index is 12.5. The molecule has 1 aliphatic rings. The van der Waals surface area contributed by atoms with E-state index in [1.54, 1.807) is 24.3 Å². The minimum absolute atomic E-state index is 0.151. The van der Waals surface area contributed by atoms with Crippen LogP contribution in [0.15, 0.2) is 47.6 Å². The molecule has 0 saturated heterocycles. The van der Waals surface area contributed by atoms with Gasteiger partial charge in [0, 0.05) is 16.6 Å². The van der Waals surface area contributed by atoms with Gasteiger partial charge in [0.15, 0.2) is 11.0 Å². The van der Waals surface area contributed by atoms with Crippen LogP contribution in [-0.4, -0.2) is 26.4 Å². The molecule has 5 nitrogen and oxygen atoms in total. The summed E-state index contributed by atoms with van der Waals surface area (Å²) < 4.78 is 2.14. The summed E-state index contributed by atoms with van der Waals surface area (Å²) in [7, 11) is 0. The number of carbonyl (C=O) groups excluding carboxylic acids is 1. The minimum atomic E-state index is -0.151. The average Bonchev–Trinajstić information content (AvgIpc) is 3.18. The Balaban J connectivity index is 1.57. The topological polar surface area (TPSA) is 59.8 Å². The van der Waals surface area contributed by atoms with E-state index >= 15 is 0 Å². The number of nitrogens with one attached hydrogen (secondary N) is 1. The highest BCUT2D eigenvalue weighted by Gasteiger charge is 2.25. The number of nitrogens with zero attached hydrogens (tertiary/aromatic N) is 3. The van der Waals surface area contributed by atoms with Gasteiger partial charge < -0.3 is 5.32 Å². The molecular formula is C22H21Cl3N4OS. The van der Waals surface area contributed by atoms with E-state index in [2.05, 4.69) is 20.1 Å². The van der Waals surface area contributed by atoms with Crippen LogP contribution in [-0.2, 0) is 4.79 Å². The Hall–Kier alpha value is -1.73. The lowest BCUT2D eigenvalue weighted by atomic mass is 9.95. The lowest BCUT2D eigenvalue weighted by Crippen LogP contribution is -2.17. The van der Waals surface area contributed by atoms with Gasteiger partial charge in [0.1, 0.15) is 0 Å². The second-order valence-corrected chi connectivity index (χ2v) is 9.60. The summed E-state index contributed by atoms with van der Waals surface area (Å²) >= 11 is 20.0. The van der Waals surface area contributed by atoms with Crippen molar-refractivity contribution in [2.45, 2.75) is 43.3 Å². The fourth-order valence-electron chi connectivity index (χ4n) is 3.78. The molecule has 162 valence electrons. The maximum Gasteiger partial charge on any atom is 0.234 e. The predicted octanol–water partition coefficient (Wildman–Crippen LogP) is 7.14. The Morgan fingerprint density at radius 2 is 1.81 bits per heavy atom.